The number of amides is 1. The summed E-state index contributed by atoms with van der Waals surface area (Å²) in [7, 11) is 3.20. The van der Waals surface area contributed by atoms with Crippen molar-refractivity contribution < 1.29 is 14.3 Å². The molecule has 8 heteroatoms. The molecule has 0 spiro atoms. The molecule has 0 saturated heterocycles. The predicted octanol–water partition coefficient (Wildman–Crippen LogP) is 5.20. The van der Waals surface area contributed by atoms with Crippen LogP contribution in [0, 0.1) is 0 Å². The molecule has 1 N–H and O–H groups in total. The molecule has 0 unspecified atom stereocenters. The lowest BCUT2D eigenvalue weighted by atomic mass is 10.1. The molecule has 0 bridgehead atoms. The van der Waals surface area contributed by atoms with Crippen LogP contribution in [0.3, 0.4) is 0 Å². The number of nitrogens with one attached hydrogen (secondary N) is 1. The van der Waals surface area contributed by atoms with E-state index in [1.165, 1.54) is 22.7 Å². The summed E-state index contributed by atoms with van der Waals surface area (Å²) in [4.78, 5) is 21.5. The maximum atomic E-state index is 12.6. The quantitative estimate of drug-likeness (QED) is 0.461. The second-order valence-electron chi connectivity index (χ2n) is 5.96. The number of carbonyl (C=O) groups is 1. The Morgan fingerprint density at radius 2 is 1.79 bits per heavy atom. The van der Waals surface area contributed by atoms with Crippen molar-refractivity contribution >= 4 is 33.7 Å². The van der Waals surface area contributed by atoms with Crippen LogP contribution in [0.25, 0.3) is 21.8 Å². The number of aromatic nitrogens is 2. The van der Waals surface area contributed by atoms with E-state index in [0.29, 0.717) is 28.0 Å². The van der Waals surface area contributed by atoms with E-state index in [4.69, 9.17) is 9.47 Å². The number of hydrogen-bond donors (Lipinski definition) is 1. The van der Waals surface area contributed by atoms with E-state index >= 15 is 0 Å². The average molecular weight is 424 g/mol. The standard InChI is InChI=1S/C21H17N3O3S2/c1-26-14-8-9-15(18(10-14)27-2)16-11-29-21(23-16)24-19(25)17-12-28-20(22-17)13-6-4-3-5-7-13/h3-12H,1-2H3,(H,23,24,25). The van der Waals surface area contributed by atoms with Gasteiger partial charge >= 0.3 is 0 Å². The van der Waals surface area contributed by atoms with E-state index in [0.717, 1.165) is 16.1 Å². The highest BCUT2D eigenvalue weighted by Gasteiger charge is 2.16. The maximum Gasteiger partial charge on any atom is 0.276 e. The van der Waals surface area contributed by atoms with Gasteiger partial charge in [-0.1, -0.05) is 30.3 Å². The van der Waals surface area contributed by atoms with Crippen molar-refractivity contribution in [2.24, 2.45) is 0 Å². The SMILES string of the molecule is COc1ccc(-c2csc(NC(=O)c3csc(-c4ccccc4)n3)n2)c(OC)c1. The van der Waals surface area contributed by atoms with Crippen molar-refractivity contribution in [2.45, 2.75) is 0 Å². The van der Waals surface area contributed by atoms with E-state index in [-0.39, 0.29) is 5.91 Å². The van der Waals surface area contributed by atoms with Crippen molar-refractivity contribution in [3.05, 3.63) is 65.0 Å². The molecule has 6 nitrogen and oxygen atoms in total. The van der Waals surface area contributed by atoms with Gasteiger partial charge in [-0.2, -0.15) is 0 Å². The van der Waals surface area contributed by atoms with Crippen LogP contribution in [0.5, 0.6) is 11.5 Å². The Bertz CT molecular complexity index is 1140. The molecule has 0 aliphatic carbocycles. The molecule has 0 saturated carbocycles. The molecule has 0 fully saturated rings. The van der Waals surface area contributed by atoms with Crippen molar-refractivity contribution in [2.75, 3.05) is 19.5 Å². The molecule has 2 aromatic heterocycles. The Balaban J connectivity index is 1.51. The van der Waals surface area contributed by atoms with Crippen molar-refractivity contribution in [3.63, 3.8) is 0 Å². The van der Waals surface area contributed by atoms with E-state index in [2.05, 4.69) is 15.3 Å². The van der Waals surface area contributed by atoms with E-state index in [1.807, 2.05) is 47.8 Å². The fraction of sp³-hybridized carbons (Fsp3) is 0.0952. The largest absolute Gasteiger partial charge is 0.497 e. The fourth-order valence-corrected chi connectivity index (χ4v) is 4.23. The van der Waals surface area contributed by atoms with Gasteiger partial charge in [-0.05, 0) is 12.1 Å². The highest BCUT2D eigenvalue weighted by Crippen LogP contribution is 2.35. The molecule has 2 aromatic carbocycles. The van der Waals surface area contributed by atoms with Gasteiger partial charge in [0.15, 0.2) is 5.13 Å². The van der Waals surface area contributed by atoms with Gasteiger partial charge in [-0.3, -0.25) is 10.1 Å². The predicted molar refractivity (Wildman–Crippen MR) is 116 cm³/mol. The summed E-state index contributed by atoms with van der Waals surface area (Å²) >= 11 is 2.78. The summed E-state index contributed by atoms with van der Waals surface area (Å²) < 4.78 is 10.7. The topological polar surface area (TPSA) is 73.3 Å². The molecule has 1 amide bonds. The van der Waals surface area contributed by atoms with Crippen LogP contribution in [0.15, 0.2) is 59.3 Å². The number of carbonyl (C=O) groups excluding carboxylic acids is 1. The van der Waals surface area contributed by atoms with E-state index in [9.17, 15) is 4.79 Å². The number of nitrogens with zero attached hydrogens (tertiary/aromatic N) is 2. The molecule has 0 radical (unpaired) electrons. The van der Waals surface area contributed by atoms with Gasteiger partial charge in [0, 0.05) is 28.0 Å². The van der Waals surface area contributed by atoms with Gasteiger partial charge in [0.05, 0.1) is 19.9 Å². The van der Waals surface area contributed by atoms with Gasteiger partial charge in [-0.15, -0.1) is 22.7 Å². The first-order valence-electron chi connectivity index (χ1n) is 8.68. The summed E-state index contributed by atoms with van der Waals surface area (Å²) in [5, 5.41) is 7.74. The zero-order valence-corrected chi connectivity index (χ0v) is 17.3. The third-order valence-electron chi connectivity index (χ3n) is 4.17. The first-order valence-corrected chi connectivity index (χ1v) is 10.4. The molecule has 0 aliphatic heterocycles. The first-order chi connectivity index (χ1) is 14.2. The van der Waals surface area contributed by atoms with Crippen molar-refractivity contribution in [1.82, 2.24) is 9.97 Å². The van der Waals surface area contributed by atoms with Crippen LogP contribution in [0.4, 0.5) is 5.13 Å². The monoisotopic (exact) mass is 423 g/mol. The van der Waals surface area contributed by atoms with Crippen LogP contribution in [-0.2, 0) is 0 Å². The fourth-order valence-electron chi connectivity index (χ4n) is 2.72. The second kappa shape index (κ2) is 8.42. The van der Waals surface area contributed by atoms with Gasteiger partial charge in [0.2, 0.25) is 0 Å². The number of hydrogen-bond acceptors (Lipinski definition) is 7. The summed E-state index contributed by atoms with van der Waals surface area (Å²) in [6.07, 6.45) is 0. The minimum atomic E-state index is -0.286. The smallest absolute Gasteiger partial charge is 0.276 e. The minimum Gasteiger partial charge on any atom is -0.497 e. The molecule has 146 valence electrons. The van der Waals surface area contributed by atoms with Gasteiger partial charge in [-0.25, -0.2) is 9.97 Å². The lowest BCUT2D eigenvalue weighted by molar-refractivity contribution is 0.102. The summed E-state index contributed by atoms with van der Waals surface area (Å²) in [5.74, 6) is 1.07. The average Bonchev–Trinajstić information content (AvgIpc) is 3.44. The highest BCUT2D eigenvalue weighted by molar-refractivity contribution is 7.14. The molecular formula is C21H17N3O3S2. The zero-order valence-electron chi connectivity index (χ0n) is 15.7. The Kier molecular flexibility index (Phi) is 5.55. The normalized spacial score (nSPS) is 10.6. The highest BCUT2D eigenvalue weighted by atomic mass is 32.1. The molecule has 29 heavy (non-hydrogen) atoms. The lowest BCUT2D eigenvalue weighted by Crippen LogP contribution is -2.12. The third-order valence-corrected chi connectivity index (χ3v) is 5.82. The Morgan fingerprint density at radius 3 is 2.55 bits per heavy atom. The van der Waals surface area contributed by atoms with Crippen molar-refractivity contribution in [3.8, 4) is 33.3 Å². The van der Waals surface area contributed by atoms with Gasteiger partial charge < -0.3 is 9.47 Å². The van der Waals surface area contributed by atoms with Crippen LogP contribution in [0.1, 0.15) is 10.5 Å². The number of thiazole rings is 2. The minimum absolute atomic E-state index is 0.286. The number of benzene rings is 2. The zero-order chi connectivity index (χ0) is 20.2. The van der Waals surface area contributed by atoms with Crippen LogP contribution in [-0.4, -0.2) is 30.1 Å². The van der Waals surface area contributed by atoms with E-state index < -0.39 is 0 Å². The molecule has 2 heterocycles. The number of anilines is 1. The molecule has 0 atom stereocenters. The lowest BCUT2D eigenvalue weighted by Gasteiger charge is -2.08. The maximum absolute atomic E-state index is 12.6. The van der Waals surface area contributed by atoms with Crippen molar-refractivity contribution in [1.29, 1.82) is 0 Å². The van der Waals surface area contributed by atoms with E-state index in [1.54, 1.807) is 25.7 Å². The number of ether oxygens (including phenoxy) is 2. The number of rotatable bonds is 6. The van der Waals surface area contributed by atoms with Gasteiger partial charge in [0.1, 0.15) is 22.2 Å². The third kappa shape index (κ3) is 4.13. The Labute approximate surface area is 175 Å². The van der Waals surface area contributed by atoms with Crippen LogP contribution >= 0.6 is 22.7 Å². The van der Waals surface area contributed by atoms with Crippen LogP contribution < -0.4 is 14.8 Å². The second-order valence-corrected chi connectivity index (χ2v) is 7.68. The Morgan fingerprint density at radius 1 is 0.966 bits per heavy atom. The van der Waals surface area contributed by atoms with Crippen LogP contribution in [0.2, 0.25) is 0 Å². The molecule has 0 aliphatic rings. The Hall–Kier alpha value is -3.23. The number of methoxy groups -OCH3 is 2. The summed E-state index contributed by atoms with van der Waals surface area (Å²) in [6, 6.07) is 15.3. The molecule has 4 rings (SSSR count). The van der Waals surface area contributed by atoms with Gasteiger partial charge in [0.25, 0.3) is 5.91 Å². The summed E-state index contributed by atoms with van der Waals surface area (Å²) in [6.45, 7) is 0. The molecule has 4 aromatic rings. The first kappa shape index (κ1) is 19.1. The molecular weight excluding hydrogens is 406 g/mol. The summed E-state index contributed by atoms with van der Waals surface area (Å²) in [5.41, 5.74) is 2.89.